The third-order valence-corrected chi connectivity index (χ3v) is 5.88. The van der Waals surface area contributed by atoms with Crippen LogP contribution in [0.5, 0.6) is 0 Å². The van der Waals surface area contributed by atoms with Crippen LogP contribution in [0.4, 0.5) is 0 Å². The highest BCUT2D eigenvalue weighted by Gasteiger charge is 2.17. The van der Waals surface area contributed by atoms with Crippen molar-refractivity contribution in [2.24, 2.45) is 7.05 Å². The van der Waals surface area contributed by atoms with Gasteiger partial charge in [-0.2, -0.15) is 0 Å². The maximum atomic E-state index is 12.4. The fourth-order valence-corrected chi connectivity index (χ4v) is 4.01. The van der Waals surface area contributed by atoms with E-state index >= 15 is 0 Å². The first-order valence-electron chi connectivity index (χ1n) is 9.96. The summed E-state index contributed by atoms with van der Waals surface area (Å²) in [4.78, 5) is 31.1. The first kappa shape index (κ1) is 21.8. The molecule has 2 N–H and O–H groups in total. The zero-order valence-corrected chi connectivity index (χ0v) is 17.5. The average molecular weight is 397 g/mol. The molecule has 2 aromatic rings. The number of aromatic nitrogens is 4. The summed E-state index contributed by atoms with van der Waals surface area (Å²) >= 11 is 1.42. The van der Waals surface area contributed by atoms with E-state index in [4.69, 9.17) is 0 Å². The number of hydrogen-bond acceptors (Lipinski definition) is 5. The number of imidazole rings is 1. The number of unbranched alkanes of at least 4 members (excludes halogenated alkanes) is 7. The van der Waals surface area contributed by atoms with Gasteiger partial charge in [0.05, 0.1) is 6.10 Å². The molecule has 0 aromatic carbocycles. The van der Waals surface area contributed by atoms with Gasteiger partial charge in [0.15, 0.2) is 16.3 Å². The van der Waals surface area contributed by atoms with Gasteiger partial charge in [-0.3, -0.25) is 14.3 Å². The Morgan fingerprint density at radius 3 is 2.37 bits per heavy atom. The minimum atomic E-state index is -0.464. The molecule has 7 nitrogen and oxygen atoms in total. The summed E-state index contributed by atoms with van der Waals surface area (Å²) in [5.41, 5.74) is -0.0232. The minimum absolute atomic E-state index is 0.399. The van der Waals surface area contributed by atoms with Crippen molar-refractivity contribution < 1.29 is 5.11 Å². The lowest BCUT2D eigenvalue weighted by Gasteiger charge is -2.09. The van der Waals surface area contributed by atoms with E-state index in [9.17, 15) is 14.7 Å². The fraction of sp³-hybridized carbons (Fsp3) is 0.737. The van der Waals surface area contributed by atoms with E-state index in [1.807, 2.05) is 4.57 Å². The highest BCUT2D eigenvalue weighted by atomic mass is 32.2. The van der Waals surface area contributed by atoms with Crippen LogP contribution in [0, 0.1) is 0 Å². The number of rotatable bonds is 12. The molecule has 0 saturated carbocycles. The van der Waals surface area contributed by atoms with E-state index in [0.29, 0.717) is 28.6 Å². The van der Waals surface area contributed by atoms with Crippen LogP contribution in [0.25, 0.3) is 11.2 Å². The Labute approximate surface area is 164 Å². The van der Waals surface area contributed by atoms with Gasteiger partial charge in [-0.1, -0.05) is 63.6 Å². The zero-order valence-electron chi connectivity index (χ0n) is 16.7. The summed E-state index contributed by atoms with van der Waals surface area (Å²) in [6.45, 7) is 4.63. The molecule has 2 heterocycles. The second kappa shape index (κ2) is 10.7. The van der Waals surface area contributed by atoms with Crippen molar-refractivity contribution in [3.8, 4) is 0 Å². The number of thioether (sulfide) groups is 1. The number of aliphatic hydroxyl groups is 1. The lowest BCUT2D eigenvalue weighted by Crippen LogP contribution is -2.29. The van der Waals surface area contributed by atoms with Crippen molar-refractivity contribution in [1.29, 1.82) is 0 Å². The summed E-state index contributed by atoms with van der Waals surface area (Å²) in [6.07, 6.45) is 9.23. The number of fused-ring (bicyclic) bond motifs is 1. The Morgan fingerprint density at radius 2 is 1.74 bits per heavy atom. The molecule has 1 atom stereocenters. The van der Waals surface area contributed by atoms with Crippen LogP contribution in [0.2, 0.25) is 0 Å². The molecule has 0 aliphatic rings. The molecule has 0 bridgehead atoms. The van der Waals surface area contributed by atoms with Crippen LogP contribution in [0.15, 0.2) is 14.7 Å². The highest BCUT2D eigenvalue weighted by molar-refractivity contribution is 7.99. The largest absolute Gasteiger partial charge is 0.393 e. The van der Waals surface area contributed by atoms with Crippen LogP contribution in [-0.2, 0) is 13.6 Å². The van der Waals surface area contributed by atoms with E-state index in [2.05, 4.69) is 16.9 Å². The molecule has 2 rings (SSSR count). The number of hydrogen-bond donors (Lipinski definition) is 2. The van der Waals surface area contributed by atoms with Gasteiger partial charge in [0.25, 0.3) is 5.56 Å². The zero-order chi connectivity index (χ0) is 19.8. The van der Waals surface area contributed by atoms with Crippen LogP contribution >= 0.6 is 11.8 Å². The summed E-state index contributed by atoms with van der Waals surface area (Å²) in [5.74, 6) is 0.493. The number of aryl methyl sites for hydroxylation is 2. The van der Waals surface area contributed by atoms with Crippen molar-refractivity contribution in [3.05, 3.63) is 20.8 Å². The summed E-state index contributed by atoms with van der Waals surface area (Å²) in [5, 5.41) is 10.3. The highest BCUT2D eigenvalue weighted by Crippen LogP contribution is 2.23. The van der Waals surface area contributed by atoms with Gasteiger partial charge in [0.1, 0.15) is 0 Å². The van der Waals surface area contributed by atoms with Crippen molar-refractivity contribution in [3.63, 3.8) is 0 Å². The second-order valence-electron chi connectivity index (χ2n) is 7.17. The molecule has 152 valence electrons. The number of nitrogens with zero attached hydrogens (tertiary/aromatic N) is 3. The maximum Gasteiger partial charge on any atom is 0.329 e. The molecule has 0 spiro atoms. The Kier molecular flexibility index (Phi) is 8.63. The molecule has 2 aromatic heterocycles. The molecule has 0 saturated heterocycles. The van der Waals surface area contributed by atoms with Crippen LogP contribution < -0.4 is 11.2 Å². The number of aliphatic hydroxyl groups excluding tert-OH is 1. The number of nitrogens with one attached hydrogen (secondary N) is 1. The van der Waals surface area contributed by atoms with Crippen molar-refractivity contribution in [1.82, 2.24) is 19.1 Å². The third-order valence-electron chi connectivity index (χ3n) is 4.66. The predicted octanol–water partition coefficient (Wildman–Crippen LogP) is 3.04. The quantitative estimate of drug-likeness (QED) is 0.425. The van der Waals surface area contributed by atoms with Gasteiger partial charge in [0.2, 0.25) is 0 Å². The van der Waals surface area contributed by atoms with E-state index in [-0.39, 0.29) is 0 Å². The van der Waals surface area contributed by atoms with E-state index in [1.165, 1.54) is 54.9 Å². The normalized spacial score (nSPS) is 12.7. The predicted molar refractivity (Wildman–Crippen MR) is 111 cm³/mol. The summed E-state index contributed by atoms with van der Waals surface area (Å²) < 4.78 is 3.27. The molecule has 0 aliphatic heterocycles. The van der Waals surface area contributed by atoms with Gasteiger partial charge < -0.3 is 9.67 Å². The van der Waals surface area contributed by atoms with Crippen molar-refractivity contribution in [2.75, 3.05) is 5.75 Å². The molecule has 0 fully saturated rings. The molecule has 8 heteroatoms. The minimum Gasteiger partial charge on any atom is -0.393 e. The number of H-pyrrole nitrogens is 1. The lowest BCUT2D eigenvalue weighted by atomic mass is 10.1. The molecular weight excluding hydrogens is 364 g/mol. The average Bonchev–Trinajstić information content (AvgIpc) is 2.99. The topological polar surface area (TPSA) is 92.9 Å². The van der Waals surface area contributed by atoms with Crippen molar-refractivity contribution >= 4 is 22.9 Å². The first-order valence-corrected chi connectivity index (χ1v) is 10.9. The van der Waals surface area contributed by atoms with Crippen LogP contribution in [0.1, 0.15) is 65.2 Å². The smallest absolute Gasteiger partial charge is 0.329 e. The maximum absolute atomic E-state index is 12.4. The standard InChI is InChI=1S/C19H32N4O3S/c1-4-5-6-7-8-9-10-11-12-23-15-16(20-19(23)27-13-14(2)24)22(3)18(26)21-17(15)25/h14,24H,4-13H2,1-3H3,(H,21,25,26)/t14-/m1/s1. The summed E-state index contributed by atoms with van der Waals surface area (Å²) in [7, 11) is 1.61. The van der Waals surface area contributed by atoms with E-state index in [0.717, 1.165) is 12.8 Å². The Balaban J connectivity index is 2.10. The van der Waals surface area contributed by atoms with Gasteiger partial charge in [-0.15, -0.1) is 0 Å². The van der Waals surface area contributed by atoms with Gasteiger partial charge in [0, 0.05) is 19.3 Å². The van der Waals surface area contributed by atoms with Crippen molar-refractivity contribution in [2.45, 2.75) is 83.0 Å². The molecule has 0 radical (unpaired) electrons. The Bertz CT molecular complexity index is 838. The third kappa shape index (κ3) is 5.97. The SMILES string of the molecule is CCCCCCCCCCn1c(SC[C@@H](C)O)nc2c1c(=O)[nH]c(=O)n2C. The first-order chi connectivity index (χ1) is 13.0. The monoisotopic (exact) mass is 396 g/mol. The van der Waals surface area contributed by atoms with Crippen LogP contribution in [-0.4, -0.2) is 36.1 Å². The fourth-order valence-electron chi connectivity index (χ4n) is 3.13. The lowest BCUT2D eigenvalue weighted by molar-refractivity contribution is 0.220. The van der Waals surface area contributed by atoms with Gasteiger partial charge in [-0.25, -0.2) is 9.78 Å². The molecule has 27 heavy (non-hydrogen) atoms. The second-order valence-corrected chi connectivity index (χ2v) is 8.16. The molecular formula is C19H32N4O3S. The molecule has 0 unspecified atom stereocenters. The molecule has 0 aliphatic carbocycles. The summed E-state index contributed by atoms with van der Waals surface area (Å²) in [6, 6.07) is 0. The Hall–Kier alpha value is -1.54. The van der Waals surface area contributed by atoms with E-state index in [1.54, 1.807) is 14.0 Å². The van der Waals surface area contributed by atoms with Gasteiger partial charge >= 0.3 is 5.69 Å². The van der Waals surface area contributed by atoms with Crippen LogP contribution in [0.3, 0.4) is 0 Å². The van der Waals surface area contributed by atoms with E-state index < -0.39 is 17.4 Å². The van der Waals surface area contributed by atoms with Gasteiger partial charge in [-0.05, 0) is 13.3 Å². The Morgan fingerprint density at radius 1 is 1.11 bits per heavy atom. The number of aromatic amines is 1. The molecule has 0 amide bonds.